The molecule has 4 aromatic carbocycles. The smallest absolute Gasteiger partial charge is 0.140 e. The molecule has 2 aromatic heterocycles. The molecule has 7 rings (SSSR count). The fourth-order valence-corrected chi connectivity index (χ4v) is 8.97. The summed E-state index contributed by atoms with van der Waals surface area (Å²) in [5, 5.41) is 0. The van der Waals surface area contributed by atoms with Crippen LogP contribution >= 0.6 is 0 Å². The zero-order valence-electron chi connectivity index (χ0n) is 37.2. The topological polar surface area (TPSA) is 22.2 Å². The predicted molar refractivity (Wildman–Crippen MR) is 256 cm³/mol. The van der Waals surface area contributed by atoms with Crippen molar-refractivity contribution >= 4 is 30.3 Å². The Morgan fingerprint density at radius 1 is 0.593 bits per heavy atom. The Morgan fingerprint density at radius 3 is 1.42 bits per heavy atom. The second-order valence-corrected chi connectivity index (χ2v) is 17.2. The van der Waals surface area contributed by atoms with Gasteiger partial charge >= 0.3 is 0 Å². The molecule has 0 saturated carbocycles. The molecule has 1 aliphatic rings. The Balaban J connectivity index is 1.10. The molecule has 0 bridgehead atoms. The highest BCUT2D eigenvalue weighted by Gasteiger charge is 2.27. The van der Waals surface area contributed by atoms with Crippen LogP contribution in [0.1, 0.15) is 136 Å². The minimum absolute atomic E-state index is 0.153. The van der Waals surface area contributed by atoms with Crippen molar-refractivity contribution in [3.63, 3.8) is 0 Å². The van der Waals surface area contributed by atoms with Crippen molar-refractivity contribution < 1.29 is 0 Å². The molecule has 302 valence electrons. The lowest BCUT2D eigenvalue weighted by atomic mass is 9.77. The van der Waals surface area contributed by atoms with Crippen LogP contribution in [0, 0.1) is 13.8 Å². The van der Waals surface area contributed by atoms with Gasteiger partial charge in [-0.3, -0.25) is 4.57 Å². The quantitative estimate of drug-likeness (QED) is 0.104. The summed E-state index contributed by atoms with van der Waals surface area (Å²) in [4.78, 5) is 4.87. The van der Waals surface area contributed by atoms with E-state index < -0.39 is 0 Å². The lowest BCUT2D eigenvalue weighted by Gasteiger charge is -2.27. The standard InChI is InChI=1S/C56H63N3/c1-11-15-20-51-39(5)40(6)52(21-16-12-2)58(51)47-35-31-45(32-36-47)55(7,8)43-27-23-41(24-28-43)42-25-29-44(30-26-42)56(9,10)46-33-37-48(38-34-46)59-53-22-18-17-19-50(53)49(13-3)54(59)57-14-4/h14-16,18,20-38H,11-13,17,19H2,1-10H3/b20-15-,21-16-,57-14-. The van der Waals surface area contributed by atoms with Crippen LogP contribution in [0.3, 0.4) is 0 Å². The molecule has 0 fully saturated rings. The minimum Gasteiger partial charge on any atom is -0.310 e. The minimum atomic E-state index is -0.157. The zero-order valence-corrected chi connectivity index (χ0v) is 37.2. The molecule has 59 heavy (non-hydrogen) atoms. The highest BCUT2D eigenvalue weighted by molar-refractivity contribution is 5.72. The van der Waals surface area contributed by atoms with Gasteiger partial charge in [0, 0.05) is 45.4 Å². The van der Waals surface area contributed by atoms with Gasteiger partial charge in [0.25, 0.3) is 0 Å². The van der Waals surface area contributed by atoms with Gasteiger partial charge in [-0.1, -0.05) is 139 Å². The fourth-order valence-electron chi connectivity index (χ4n) is 8.97. The molecule has 0 unspecified atom stereocenters. The number of benzene rings is 4. The van der Waals surface area contributed by atoms with Crippen LogP contribution < -0.4 is 0 Å². The highest BCUT2D eigenvalue weighted by Crippen LogP contribution is 2.40. The summed E-state index contributed by atoms with van der Waals surface area (Å²) in [6, 6.07) is 36.7. The number of hydrogen-bond acceptors (Lipinski definition) is 1. The summed E-state index contributed by atoms with van der Waals surface area (Å²) in [6.07, 6.45) is 20.8. The van der Waals surface area contributed by atoms with E-state index in [-0.39, 0.29) is 10.8 Å². The van der Waals surface area contributed by atoms with Crippen molar-refractivity contribution in [1.29, 1.82) is 0 Å². The van der Waals surface area contributed by atoms with Gasteiger partial charge < -0.3 is 4.57 Å². The molecule has 0 amide bonds. The molecular formula is C56H63N3. The first kappa shape index (κ1) is 41.5. The lowest BCUT2D eigenvalue weighted by Crippen LogP contribution is -2.19. The molecule has 0 atom stereocenters. The van der Waals surface area contributed by atoms with E-state index in [1.165, 1.54) is 78.4 Å². The maximum absolute atomic E-state index is 4.87. The van der Waals surface area contributed by atoms with E-state index in [0.29, 0.717) is 0 Å². The van der Waals surface area contributed by atoms with Gasteiger partial charge in [0.1, 0.15) is 5.82 Å². The van der Waals surface area contributed by atoms with Gasteiger partial charge in [0.15, 0.2) is 0 Å². The molecule has 3 nitrogen and oxygen atoms in total. The average Bonchev–Trinajstić information content (AvgIpc) is 3.70. The van der Waals surface area contributed by atoms with Gasteiger partial charge in [0.05, 0.1) is 5.69 Å². The summed E-state index contributed by atoms with van der Waals surface area (Å²) in [5.41, 5.74) is 19.0. The molecule has 6 aromatic rings. The molecule has 0 spiro atoms. The van der Waals surface area contributed by atoms with Crippen molar-refractivity contribution in [2.24, 2.45) is 4.99 Å². The largest absolute Gasteiger partial charge is 0.310 e. The van der Waals surface area contributed by atoms with Crippen LogP contribution in [-0.2, 0) is 23.7 Å². The summed E-state index contributed by atoms with van der Waals surface area (Å²) < 4.78 is 4.78. The predicted octanol–water partition coefficient (Wildman–Crippen LogP) is 15.3. The Kier molecular flexibility index (Phi) is 12.1. The molecule has 0 N–H and O–H groups in total. The van der Waals surface area contributed by atoms with Gasteiger partial charge in [-0.15, -0.1) is 0 Å². The normalized spacial score (nSPS) is 13.4. The third-order valence-corrected chi connectivity index (χ3v) is 12.9. The van der Waals surface area contributed by atoms with Crippen LogP contribution in [0.25, 0.3) is 40.7 Å². The summed E-state index contributed by atoms with van der Waals surface area (Å²) in [7, 11) is 0. The second-order valence-electron chi connectivity index (χ2n) is 17.2. The van der Waals surface area contributed by atoms with E-state index in [1.807, 2.05) is 13.1 Å². The fraction of sp³-hybridized carbons (Fsp3) is 0.304. The first-order valence-corrected chi connectivity index (χ1v) is 21.9. The third kappa shape index (κ3) is 7.80. The Morgan fingerprint density at radius 2 is 1.02 bits per heavy atom. The molecule has 3 heteroatoms. The van der Waals surface area contributed by atoms with E-state index in [2.05, 4.69) is 205 Å². The van der Waals surface area contributed by atoms with Gasteiger partial charge in [-0.25, -0.2) is 4.99 Å². The van der Waals surface area contributed by atoms with Crippen molar-refractivity contribution in [2.75, 3.05) is 0 Å². The van der Waals surface area contributed by atoms with Gasteiger partial charge in [0.2, 0.25) is 0 Å². The molecule has 1 aliphatic carbocycles. The number of hydrogen-bond donors (Lipinski definition) is 0. The lowest BCUT2D eigenvalue weighted by molar-refractivity contribution is 0.640. The Hall–Kier alpha value is -5.67. The van der Waals surface area contributed by atoms with Crippen LogP contribution in [-0.4, -0.2) is 15.3 Å². The molecular weight excluding hydrogens is 715 g/mol. The molecule has 2 heterocycles. The molecule has 0 radical (unpaired) electrons. The molecule has 0 saturated heterocycles. The Labute approximate surface area is 354 Å². The first-order chi connectivity index (χ1) is 28.5. The second kappa shape index (κ2) is 17.3. The van der Waals surface area contributed by atoms with Crippen molar-refractivity contribution in [3.8, 4) is 22.5 Å². The van der Waals surface area contributed by atoms with E-state index in [4.69, 9.17) is 4.99 Å². The Bertz CT molecular complexity index is 2490. The van der Waals surface area contributed by atoms with E-state index >= 15 is 0 Å². The molecule has 0 aliphatic heterocycles. The van der Waals surface area contributed by atoms with Crippen LogP contribution in [0.4, 0.5) is 5.82 Å². The number of nitrogens with zero attached hydrogens (tertiary/aromatic N) is 3. The zero-order chi connectivity index (χ0) is 41.9. The number of fused-ring (bicyclic) bond motifs is 1. The SMILES string of the molecule is C/C=N\c1c(CC)c2c(n1-c1ccc(C(C)(C)c3ccc(-c4ccc(C(C)(C)c5ccc(-n6c(/C=C\CC)c(C)c(C)c6/C=C\CC)cc5)cc4)cc3)cc1)C=CCC2. The summed E-state index contributed by atoms with van der Waals surface area (Å²) in [5.74, 6) is 1.07. The first-order valence-electron chi connectivity index (χ1n) is 21.9. The van der Waals surface area contributed by atoms with Crippen LogP contribution in [0.5, 0.6) is 0 Å². The number of aromatic nitrogens is 2. The third-order valence-electron chi connectivity index (χ3n) is 12.9. The van der Waals surface area contributed by atoms with Gasteiger partial charge in [-0.05, 0) is 145 Å². The maximum atomic E-state index is 4.87. The number of aliphatic imine (C=N–C) groups is 1. The highest BCUT2D eigenvalue weighted by atomic mass is 15.1. The van der Waals surface area contributed by atoms with Crippen molar-refractivity contribution in [2.45, 2.75) is 112 Å². The average molecular weight is 778 g/mol. The van der Waals surface area contributed by atoms with Crippen LogP contribution in [0.2, 0.25) is 0 Å². The van der Waals surface area contributed by atoms with E-state index in [1.54, 1.807) is 0 Å². The monoisotopic (exact) mass is 778 g/mol. The van der Waals surface area contributed by atoms with Crippen molar-refractivity contribution in [3.05, 3.63) is 177 Å². The summed E-state index contributed by atoms with van der Waals surface area (Å²) >= 11 is 0. The maximum Gasteiger partial charge on any atom is 0.140 e. The van der Waals surface area contributed by atoms with Gasteiger partial charge in [-0.2, -0.15) is 0 Å². The van der Waals surface area contributed by atoms with Crippen LogP contribution in [0.15, 0.2) is 120 Å². The number of allylic oxidation sites excluding steroid dienone is 3. The van der Waals surface area contributed by atoms with E-state index in [9.17, 15) is 0 Å². The number of rotatable bonds is 13. The van der Waals surface area contributed by atoms with E-state index in [0.717, 1.165) is 43.6 Å². The van der Waals surface area contributed by atoms with Crippen molar-refractivity contribution in [1.82, 2.24) is 9.13 Å². The summed E-state index contributed by atoms with van der Waals surface area (Å²) in [6.45, 7) is 22.5.